The average molecular weight is 210 g/mol. The van der Waals surface area contributed by atoms with Crippen LogP contribution in [0.1, 0.15) is 37.7 Å². The Morgan fingerprint density at radius 2 is 2.27 bits per heavy atom. The summed E-state index contributed by atoms with van der Waals surface area (Å²) in [4.78, 5) is 11.6. The number of carbonyl (C=O) groups excluding carboxylic acids is 1. The lowest BCUT2D eigenvalue weighted by atomic mass is 10.1. The first-order valence-corrected chi connectivity index (χ1v) is 5.10. The molecule has 0 aliphatic carbocycles. The molecule has 1 atom stereocenters. The molecule has 5 heteroatoms. The number of nitrogens with two attached hydrogens (primary N) is 1. The quantitative estimate of drug-likeness (QED) is 0.697. The maximum absolute atomic E-state index is 11.6. The molecule has 0 aliphatic rings. The van der Waals surface area contributed by atoms with Crippen molar-refractivity contribution in [1.82, 2.24) is 15.5 Å². The Balaban J connectivity index is 2.49. The number of carbonyl (C=O) groups is 1. The average Bonchev–Trinajstić information content (AvgIpc) is 2.49. The van der Waals surface area contributed by atoms with Gasteiger partial charge in [0.25, 0.3) is 5.91 Å². The summed E-state index contributed by atoms with van der Waals surface area (Å²) in [5, 5.41) is 9.15. The lowest BCUT2D eigenvalue weighted by Crippen LogP contribution is -2.33. The first-order chi connectivity index (χ1) is 6.99. The minimum Gasteiger partial charge on any atom is -0.382 e. The van der Waals surface area contributed by atoms with Crippen LogP contribution >= 0.6 is 0 Å². The fourth-order valence-electron chi connectivity index (χ4n) is 1.52. The van der Waals surface area contributed by atoms with Gasteiger partial charge in [0.15, 0.2) is 0 Å². The summed E-state index contributed by atoms with van der Waals surface area (Å²) in [5.74, 6) is 0.733. The number of hydrogen-bond acceptors (Lipinski definition) is 3. The van der Waals surface area contributed by atoms with E-state index in [1.165, 1.54) is 6.07 Å². The Labute approximate surface area is 89.4 Å². The van der Waals surface area contributed by atoms with Crippen molar-refractivity contribution >= 4 is 11.7 Å². The number of nitrogens with one attached hydrogen (secondary N) is 2. The molecule has 0 spiro atoms. The molecule has 0 saturated heterocycles. The van der Waals surface area contributed by atoms with E-state index in [4.69, 9.17) is 5.73 Å². The molecule has 1 amide bonds. The van der Waals surface area contributed by atoms with Crippen molar-refractivity contribution in [3.05, 3.63) is 11.8 Å². The highest BCUT2D eigenvalue weighted by molar-refractivity contribution is 5.93. The molecule has 0 aliphatic heterocycles. The van der Waals surface area contributed by atoms with E-state index < -0.39 is 0 Å². The standard InChI is InChI=1S/C10H18N4O/c1-6(2)4-7(3)12-10(15)8-5-9(11)14-13-8/h5-7H,4H2,1-3H3,(H,12,15)(H3,11,13,14). The Kier molecular flexibility index (Phi) is 3.71. The van der Waals surface area contributed by atoms with Gasteiger partial charge >= 0.3 is 0 Å². The van der Waals surface area contributed by atoms with E-state index in [1.54, 1.807) is 0 Å². The van der Waals surface area contributed by atoms with E-state index in [0.717, 1.165) is 6.42 Å². The van der Waals surface area contributed by atoms with Gasteiger partial charge in [0.2, 0.25) is 0 Å². The van der Waals surface area contributed by atoms with Crippen LogP contribution in [-0.2, 0) is 0 Å². The number of aromatic nitrogens is 2. The van der Waals surface area contributed by atoms with Crippen LogP contribution < -0.4 is 11.1 Å². The van der Waals surface area contributed by atoms with Gasteiger partial charge in [-0.2, -0.15) is 5.10 Å². The number of aromatic amines is 1. The number of hydrogen-bond donors (Lipinski definition) is 3. The van der Waals surface area contributed by atoms with Gasteiger partial charge < -0.3 is 11.1 Å². The van der Waals surface area contributed by atoms with Crippen molar-refractivity contribution in [2.75, 3.05) is 5.73 Å². The summed E-state index contributed by atoms with van der Waals surface area (Å²) in [6.07, 6.45) is 0.954. The van der Waals surface area contributed by atoms with Gasteiger partial charge in [-0.1, -0.05) is 13.8 Å². The van der Waals surface area contributed by atoms with Crippen LogP contribution in [0.2, 0.25) is 0 Å². The first kappa shape index (κ1) is 11.6. The largest absolute Gasteiger partial charge is 0.382 e. The SMILES string of the molecule is CC(C)CC(C)NC(=O)c1cc(N)n[nH]1. The summed E-state index contributed by atoms with van der Waals surface area (Å²) in [5.41, 5.74) is 5.81. The number of rotatable bonds is 4. The van der Waals surface area contributed by atoms with Crippen LogP contribution in [0.3, 0.4) is 0 Å². The van der Waals surface area contributed by atoms with Gasteiger partial charge in [-0.25, -0.2) is 0 Å². The lowest BCUT2D eigenvalue weighted by molar-refractivity contribution is 0.0931. The maximum atomic E-state index is 11.6. The summed E-state index contributed by atoms with van der Waals surface area (Å²) in [7, 11) is 0. The number of H-pyrrole nitrogens is 1. The summed E-state index contributed by atoms with van der Waals surface area (Å²) in [6.45, 7) is 6.23. The lowest BCUT2D eigenvalue weighted by Gasteiger charge is -2.14. The van der Waals surface area contributed by atoms with Gasteiger partial charge in [-0.3, -0.25) is 9.89 Å². The van der Waals surface area contributed by atoms with Crippen molar-refractivity contribution in [2.24, 2.45) is 5.92 Å². The zero-order valence-corrected chi connectivity index (χ0v) is 9.37. The molecule has 1 rings (SSSR count). The summed E-state index contributed by atoms with van der Waals surface area (Å²) < 4.78 is 0. The molecule has 4 N–H and O–H groups in total. The van der Waals surface area contributed by atoms with E-state index in [1.807, 2.05) is 6.92 Å². The van der Waals surface area contributed by atoms with E-state index in [0.29, 0.717) is 17.4 Å². The minimum atomic E-state index is -0.160. The first-order valence-electron chi connectivity index (χ1n) is 5.10. The molecule has 1 aromatic heterocycles. The van der Waals surface area contributed by atoms with E-state index in [9.17, 15) is 4.79 Å². The van der Waals surface area contributed by atoms with Gasteiger partial charge in [0.05, 0.1) is 0 Å². The van der Waals surface area contributed by atoms with Crippen molar-refractivity contribution in [3.63, 3.8) is 0 Å². The second kappa shape index (κ2) is 4.82. The van der Waals surface area contributed by atoms with Crippen LogP contribution in [0.15, 0.2) is 6.07 Å². The van der Waals surface area contributed by atoms with Gasteiger partial charge in [-0.05, 0) is 19.3 Å². The van der Waals surface area contributed by atoms with E-state index in [2.05, 4.69) is 29.4 Å². The maximum Gasteiger partial charge on any atom is 0.269 e. The van der Waals surface area contributed by atoms with Crippen LogP contribution in [0.5, 0.6) is 0 Å². The van der Waals surface area contributed by atoms with E-state index in [-0.39, 0.29) is 11.9 Å². The number of anilines is 1. The van der Waals surface area contributed by atoms with Crippen LogP contribution in [0.4, 0.5) is 5.82 Å². The molecule has 0 radical (unpaired) electrons. The second-order valence-electron chi connectivity index (χ2n) is 4.21. The summed E-state index contributed by atoms with van der Waals surface area (Å²) in [6, 6.07) is 1.68. The molecule has 15 heavy (non-hydrogen) atoms. The molecule has 1 aromatic rings. The van der Waals surface area contributed by atoms with Gasteiger partial charge in [0.1, 0.15) is 11.5 Å². The molecule has 0 saturated carbocycles. The molecule has 84 valence electrons. The third kappa shape index (κ3) is 3.61. The predicted molar refractivity (Wildman–Crippen MR) is 59.4 cm³/mol. The third-order valence-electron chi connectivity index (χ3n) is 2.04. The van der Waals surface area contributed by atoms with Crippen LogP contribution in [0.25, 0.3) is 0 Å². The van der Waals surface area contributed by atoms with Crippen molar-refractivity contribution in [1.29, 1.82) is 0 Å². The Morgan fingerprint density at radius 1 is 1.60 bits per heavy atom. The van der Waals surface area contributed by atoms with Crippen LogP contribution in [-0.4, -0.2) is 22.1 Å². The predicted octanol–water partition coefficient (Wildman–Crippen LogP) is 1.16. The Bertz CT molecular complexity index is 332. The Hall–Kier alpha value is -1.52. The zero-order chi connectivity index (χ0) is 11.4. The van der Waals surface area contributed by atoms with E-state index >= 15 is 0 Å². The highest BCUT2D eigenvalue weighted by atomic mass is 16.2. The molecular formula is C10H18N4O. The highest BCUT2D eigenvalue weighted by Crippen LogP contribution is 2.05. The molecule has 5 nitrogen and oxygen atoms in total. The smallest absolute Gasteiger partial charge is 0.269 e. The number of nitrogen functional groups attached to an aromatic ring is 1. The summed E-state index contributed by atoms with van der Waals surface area (Å²) >= 11 is 0. The minimum absolute atomic E-state index is 0.155. The van der Waals surface area contributed by atoms with Gasteiger partial charge in [0, 0.05) is 12.1 Å². The molecule has 1 heterocycles. The molecule has 0 fully saturated rings. The Morgan fingerprint density at radius 3 is 2.73 bits per heavy atom. The zero-order valence-electron chi connectivity index (χ0n) is 9.37. The third-order valence-corrected chi connectivity index (χ3v) is 2.04. The second-order valence-corrected chi connectivity index (χ2v) is 4.21. The molecule has 0 bridgehead atoms. The topological polar surface area (TPSA) is 83.8 Å². The van der Waals surface area contributed by atoms with Gasteiger partial charge in [-0.15, -0.1) is 0 Å². The molecule has 1 unspecified atom stereocenters. The monoisotopic (exact) mass is 210 g/mol. The fraction of sp³-hybridized carbons (Fsp3) is 0.600. The highest BCUT2D eigenvalue weighted by Gasteiger charge is 2.12. The normalized spacial score (nSPS) is 12.8. The molecule has 0 aromatic carbocycles. The van der Waals surface area contributed by atoms with Crippen molar-refractivity contribution < 1.29 is 4.79 Å². The van der Waals surface area contributed by atoms with Crippen molar-refractivity contribution in [2.45, 2.75) is 33.2 Å². The number of nitrogens with zero attached hydrogens (tertiary/aromatic N) is 1. The molecular weight excluding hydrogens is 192 g/mol. The van der Waals surface area contributed by atoms with Crippen molar-refractivity contribution in [3.8, 4) is 0 Å². The fourth-order valence-corrected chi connectivity index (χ4v) is 1.52. The number of amides is 1. The van der Waals surface area contributed by atoms with Crippen LogP contribution in [0, 0.1) is 5.92 Å².